The Balaban J connectivity index is 1.98. The Hall–Kier alpha value is -2.26. The summed E-state index contributed by atoms with van der Waals surface area (Å²) in [6, 6.07) is 13.4. The number of benzene rings is 2. The molecule has 0 bridgehead atoms. The summed E-state index contributed by atoms with van der Waals surface area (Å²) >= 11 is 6.04. The molecule has 0 spiro atoms. The van der Waals surface area contributed by atoms with E-state index >= 15 is 0 Å². The van der Waals surface area contributed by atoms with Crippen molar-refractivity contribution < 1.29 is 9.15 Å². The minimum atomic E-state index is -0.315. The molecule has 0 amide bonds. The SMILES string of the molecule is CCCCCc1cc(OC)c2cc(Cc3cccc(Cl)c3)c(=O)oc2c1. The van der Waals surface area contributed by atoms with Crippen LogP contribution in [0.25, 0.3) is 11.0 Å². The van der Waals surface area contributed by atoms with Crippen LogP contribution in [-0.2, 0) is 12.8 Å². The van der Waals surface area contributed by atoms with Gasteiger partial charge in [-0.3, -0.25) is 0 Å². The molecular weight excluding hydrogens is 348 g/mol. The Kier molecular flexibility index (Phi) is 6.00. The summed E-state index contributed by atoms with van der Waals surface area (Å²) in [4.78, 5) is 12.5. The molecule has 0 N–H and O–H groups in total. The van der Waals surface area contributed by atoms with Gasteiger partial charge in [-0.1, -0.05) is 43.5 Å². The predicted octanol–water partition coefficient (Wildman–Crippen LogP) is 5.78. The topological polar surface area (TPSA) is 39.4 Å². The molecule has 3 rings (SSSR count). The fraction of sp³-hybridized carbons (Fsp3) is 0.318. The van der Waals surface area contributed by atoms with E-state index in [1.54, 1.807) is 7.11 Å². The average molecular weight is 371 g/mol. The average Bonchev–Trinajstić information content (AvgIpc) is 2.62. The third-order valence-corrected chi connectivity index (χ3v) is 4.75. The minimum Gasteiger partial charge on any atom is -0.496 e. The largest absolute Gasteiger partial charge is 0.496 e. The van der Waals surface area contributed by atoms with Crippen molar-refractivity contribution in [2.75, 3.05) is 7.11 Å². The van der Waals surface area contributed by atoms with Crippen LogP contribution in [0.4, 0.5) is 0 Å². The van der Waals surface area contributed by atoms with Gasteiger partial charge >= 0.3 is 5.63 Å². The highest BCUT2D eigenvalue weighted by molar-refractivity contribution is 6.30. The highest BCUT2D eigenvalue weighted by Crippen LogP contribution is 2.29. The predicted molar refractivity (Wildman–Crippen MR) is 107 cm³/mol. The fourth-order valence-electron chi connectivity index (χ4n) is 3.16. The minimum absolute atomic E-state index is 0.315. The first-order valence-corrected chi connectivity index (χ1v) is 9.36. The second-order valence-corrected chi connectivity index (χ2v) is 6.97. The normalized spacial score (nSPS) is 11.0. The van der Waals surface area contributed by atoms with E-state index in [1.165, 1.54) is 12.8 Å². The summed E-state index contributed by atoms with van der Waals surface area (Å²) < 4.78 is 11.2. The summed E-state index contributed by atoms with van der Waals surface area (Å²) in [6.45, 7) is 2.18. The van der Waals surface area contributed by atoms with Gasteiger partial charge < -0.3 is 9.15 Å². The highest BCUT2D eigenvalue weighted by Gasteiger charge is 2.12. The summed E-state index contributed by atoms with van der Waals surface area (Å²) in [5, 5.41) is 1.48. The molecular formula is C22H23ClO3. The van der Waals surface area contributed by atoms with Crippen molar-refractivity contribution in [1.29, 1.82) is 0 Å². The van der Waals surface area contributed by atoms with Crippen LogP contribution in [-0.4, -0.2) is 7.11 Å². The first-order chi connectivity index (χ1) is 12.6. The summed E-state index contributed by atoms with van der Waals surface area (Å²) in [7, 11) is 1.65. The summed E-state index contributed by atoms with van der Waals surface area (Å²) in [6.07, 6.45) is 4.89. The van der Waals surface area contributed by atoms with Gasteiger partial charge in [-0.05, 0) is 54.3 Å². The van der Waals surface area contributed by atoms with E-state index in [1.807, 2.05) is 42.5 Å². The van der Waals surface area contributed by atoms with E-state index < -0.39 is 0 Å². The number of hydrogen-bond acceptors (Lipinski definition) is 3. The number of ether oxygens (including phenoxy) is 1. The zero-order valence-electron chi connectivity index (χ0n) is 15.2. The van der Waals surface area contributed by atoms with Gasteiger partial charge in [-0.25, -0.2) is 4.79 Å². The molecule has 3 aromatic rings. The molecule has 1 aromatic heterocycles. The van der Waals surface area contributed by atoms with Crippen molar-refractivity contribution in [3.8, 4) is 5.75 Å². The van der Waals surface area contributed by atoms with Crippen LogP contribution in [0.1, 0.15) is 42.9 Å². The lowest BCUT2D eigenvalue weighted by Crippen LogP contribution is -2.08. The maximum absolute atomic E-state index is 12.5. The maximum Gasteiger partial charge on any atom is 0.339 e. The van der Waals surface area contributed by atoms with Gasteiger partial charge in [0.2, 0.25) is 0 Å². The Labute approximate surface area is 158 Å². The smallest absolute Gasteiger partial charge is 0.339 e. The third kappa shape index (κ3) is 4.28. The van der Waals surface area contributed by atoms with Crippen LogP contribution in [0, 0.1) is 0 Å². The second-order valence-electron chi connectivity index (χ2n) is 6.53. The third-order valence-electron chi connectivity index (χ3n) is 4.52. The first kappa shape index (κ1) is 18.5. The molecule has 2 aromatic carbocycles. The van der Waals surface area contributed by atoms with Crippen molar-refractivity contribution in [3.63, 3.8) is 0 Å². The van der Waals surface area contributed by atoms with Crippen LogP contribution >= 0.6 is 11.6 Å². The molecule has 136 valence electrons. The van der Waals surface area contributed by atoms with Gasteiger partial charge in [0.1, 0.15) is 11.3 Å². The molecule has 0 unspecified atom stereocenters. The Morgan fingerprint density at radius 2 is 1.92 bits per heavy atom. The lowest BCUT2D eigenvalue weighted by molar-refractivity contribution is 0.418. The van der Waals surface area contributed by atoms with Crippen molar-refractivity contribution in [3.05, 3.63) is 74.6 Å². The number of fused-ring (bicyclic) bond motifs is 1. The Morgan fingerprint density at radius 3 is 2.65 bits per heavy atom. The van der Waals surface area contributed by atoms with Crippen LogP contribution in [0.3, 0.4) is 0 Å². The first-order valence-electron chi connectivity index (χ1n) is 8.98. The zero-order valence-corrected chi connectivity index (χ0v) is 15.9. The van der Waals surface area contributed by atoms with E-state index in [9.17, 15) is 4.79 Å². The van der Waals surface area contributed by atoms with Gasteiger partial charge in [0.25, 0.3) is 0 Å². The quantitative estimate of drug-likeness (QED) is 0.391. The molecule has 0 saturated heterocycles. The molecule has 3 nitrogen and oxygen atoms in total. The number of methoxy groups -OCH3 is 1. The van der Waals surface area contributed by atoms with Crippen molar-refractivity contribution in [1.82, 2.24) is 0 Å². The maximum atomic E-state index is 12.5. The number of unbranched alkanes of at least 4 members (excludes halogenated alkanes) is 2. The molecule has 0 aliphatic rings. The molecule has 0 aliphatic carbocycles. The van der Waals surface area contributed by atoms with Gasteiger partial charge in [0, 0.05) is 17.0 Å². The molecule has 0 saturated carbocycles. The molecule has 1 heterocycles. The van der Waals surface area contributed by atoms with Gasteiger partial charge in [0.15, 0.2) is 0 Å². The van der Waals surface area contributed by atoms with Crippen molar-refractivity contribution in [2.45, 2.75) is 39.0 Å². The standard InChI is InChI=1S/C22H23ClO3/c1-3-4-5-7-16-12-20(25-2)19-14-17(22(24)26-21(19)13-16)10-15-8-6-9-18(23)11-15/h6,8-9,11-14H,3-5,7,10H2,1-2H3. The van der Waals surface area contributed by atoms with Gasteiger partial charge in [-0.2, -0.15) is 0 Å². The molecule has 0 fully saturated rings. The number of halogens is 1. The lowest BCUT2D eigenvalue weighted by Gasteiger charge is -2.10. The van der Waals surface area contributed by atoms with Gasteiger partial charge in [-0.15, -0.1) is 0 Å². The summed E-state index contributed by atoms with van der Waals surface area (Å²) in [5.74, 6) is 0.741. The van der Waals surface area contributed by atoms with Crippen LogP contribution < -0.4 is 10.4 Å². The van der Waals surface area contributed by atoms with Crippen LogP contribution in [0.15, 0.2) is 51.7 Å². The van der Waals surface area contributed by atoms with Gasteiger partial charge in [0.05, 0.1) is 12.5 Å². The molecule has 26 heavy (non-hydrogen) atoms. The van der Waals surface area contributed by atoms with E-state index in [-0.39, 0.29) is 5.63 Å². The summed E-state index contributed by atoms with van der Waals surface area (Å²) in [5.41, 5.74) is 2.96. The number of rotatable bonds is 7. The number of hydrogen-bond donors (Lipinski definition) is 0. The van der Waals surface area contributed by atoms with Crippen molar-refractivity contribution in [2.24, 2.45) is 0 Å². The number of aryl methyl sites for hydroxylation is 1. The monoisotopic (exact) mass is 370 g/mol. The second kappa shape index (κ2) is 8.41. The van der Waals surface area contributed by atoms with Crippen LogP contribution in [0.5, 0.6) is 5.75 Å². The molecule has 4 heteroatoms. The Morgan fingerprint density at radius 1 is 1.08 bits per heavy atom. The molecule has 0 aliphatic heterocycles. The van der Waals surface area contributed by atoms with Crippen molar-refractivity contribution >= 4 is 22.6 Å². The fourth-order valence-corrected chi connectivity index (χ4v) is 3.38. The highest BCUT2D eigenvalue weighted by atomic mass is 35.5. The lowest BCUT2D eigenvalue weighted by atomic mass is 10.0. The molecule has 0 atom stereocenters. The van der Waals surface area contributed by atoms with E-state index in [0.29, 0.717) is 22.6 Å². The zero-order chi connectivity index (χ0) is 18.5. The van der Waals surface area contributed by atoms with E-state index in [4.69, 9.17) is 20.8 Å². The van der Waals surface area contributed by atoms with E-state index in [2.05, 4.69) is 6.92 Å². The van der Waals surface area contributed by atoms with Crippen LogP contribution in [0.2, 0.25) is 5.02 Å². The van der Waals surface area contributed by atoms with E-state index in [0.717, 1.165) is 35.1 Å². The Bertz CT molecular complexity index is 959. The molecule has 0 radical (unpaired) electrons.